The Morgan fingerprint density at radius 1 is 0.456 bits per heavy atom. The van der Waals surface area contributed by atoms with E-state index in [1.165, 1.54) is 77.5 Å². The van der Waals surface area contributed by atoms with Crippen LogP contribution in [0.15, 0.2) is 191 Å². The van der Waals surface area contributed by atoms with Gasteiger partial charge in [-0.1, -0.05) is 95.5 Å². The molecule has 0 spiro atoms. The number of anilines is 1. The number of nitrogens with two attached hydrogens (primary N) is 1. The first-order chi connectivity index (χ1) is 37.9. The first-order valence-electron chi connectivity index (χ1n) is 23.7. The quantitative estimate of drug-likeness (QED) is 0.0627. The van der Waals surface area contributed by atoms with Gasteiger partial charge in [-0.2, -0.15) is 8.42 Å². The Morgan fingerprint density at radius 2 is 0.797 bits per heavy atom. The van der Waals surface area contributed by atoms with Crippen molar-refractivity contribution in [2.75, 3.05) is 18.3 Å². The van der Waals surface area contributed by atoms with Crippen molar-refractivity contribution >= 4 is 133 Å². The molecule has 0 atom stereocenters. The molecule has 0 unspecified atom stereocenters. The molecule has 6 aromatic heterocycles. The smallest absolute Gasteiger partial charge is 0.294 e. The van der Waals surface area contributed by atoms with Crippen LogP contribution in [0.1, 0.15) is 6.92 Å². The lowest BCUT2D eigenvalue weighted by Crippen LogP contribution is -2.22. The number of sulfonamides is 2. The summed E-state index contributed by atoms with van der Waals surface area (Å²) in [5, 5.41) is 34.7. The zero-order chi connectivity index (χ0) is 55.8. The standard InChI is InChI=1S/C21H15N3O3S2.C17H15N3O3S2.C15H10N2O4S2.CH5N/c25-20-13-14-12-16(29(26,27)23-15-6-2-1-3-7-15)10-11-18(14)24(20)21-22-17-8-4-5-9-19(17)28-21;1-2-18-25(22,23)12-7-8-14-11(9-12)10-16(21)20(14)17-19-13-5-3-4-6-15(13)24-17;18-14-8-9-7-10(23(19,20)21)5-6-12(9)17(14)15-16-11-3-1-2-4-13(11)22-15;1-2/h1-13,23,25H;3-10,18,21H,2H2,1H3;1-8,18H,(H,19,20,21);2H2,1H3. The summed E-state index contributed by atoms with van der Waals surface area (Å²) in [6.45, 7) is 2.05. The van der Waals surface area contributed by atoms with Gasteiger partial charge in [-0.25, -0.2) is 36.5 Å². The van der Waals surface area contributed by atoms with E-state index in [9.17, 15) is 40.6 Å². The van der Waals surface area contributed by atoms with Crippen molar-refractivity contribution < 1.29 is 45.1 Å². The number of aromatic hydroxyl groups is 3. The number of nitrogens with zero attached hydrogens (tertiary/aromatic N) is 6. The van der Waals surface area contributed by atoms with Crippen LogP contribution in [0.5, 0.6) is 17.6 Å². The van der Waals surface area contributed by atoms with Gasteiger partial charge in [0.05, 0.1) is 61.9 Å². The highest BCUT2D eigenvalue weighted by molar-refractivity contribution is 7.92. The number of thiazole rings is 3. The monoisotopic (exact) mass is 1170 g/mol. The average molecular weight is 1170 g/mol. The minimum Gasteiger partial charge on any atom is -0.494 e. The molecular weight excluding hydrogens is 1130 g/mol. The van der Waals surface area contributed by atoms with Crippen molar-refractivity contribution in [2.45, 2.75) is 21.6 Å². The van der Waals surface area contributed by atoms with Gasteiger partial charge in [0, 0.05) is 46.6 Å². The van der Waals surface area contributed by atoms with Crippen LogP contribution < -0.4 is 15.2 Å². The molecule has 402 valence electrons. The van der Waals surface area contributed by atoms with E-state index in [0.29, 0.717) is 60.3 Å². The number of para-hydroxylation sites is 4. The van der Waals surface area contributed by atoms with E-state index in [1.54, 1.807) is 81.3 Å². The number of aromatic nitrogens is 6. The molecule has 0 amide bonds. The second-order valence-electron chi connectivity index (χ2n) is 17.0. The van der Waals surface area contributed by atoms with Crippen LogP contribution >= 0.6 is 34.0 Å². The molecule has 0 radical (unpaired) electrons. The molecule has 0 saturated heterocycles. The summed E-state index contributed by atoms with van der Waals surface area (Å²) in [6.07, 6.45) is 0. The van der Waals surface area contributed by atoms with E-state index in [2.05, 4.69) is 30.1 Å². The van der Waals surface area contributed by atoms with Gasteiger partial charge in [-0.15, -0.1) is 0 Å². The number of rotatable bonds is 10. The Balaban J connectivity index is 0.000000132. The lowest BCUT2D eigenvalue weighted by molar-refractivity contribution is 0.444. The summed E-state index contributed by atoms with van der Waals surface area (Å²) in [4.78, 5) is 13.7. The molecule has 8 N–H and O–H groups in total. The SMILES string of the molecule is CCNS(=O)(=O)c1ccc2c(c1)cc(O)n2-c1nc2ccccc2s1.CN.O=S(=O)(Nc1ccccc1)c1ccc2c(c1)cc(O)n2-c1nc2ccccc2s1.O=S(=O)(O)c1ccc2c(c1)cc(O)n2-c1nc2ccccc2s1. The maximum atomic E-state index is 12.7. The van der Waals surface area contributed by atoms with E-state index in [0.717, 1.165) is 30.6 Å². The molecule has 0 aliphatic rings. The van der Waals surface area contributed by atoms with Gasteiger partial charge < -0.3 is 21.1 Å². The van der Waals surface area contributed by atoms with Crippen molar-refractivity contribution in [1.29, 1.82) is 0 Å². The van der Waals surface area contributed by atoms with E-state index in [4.69, 9.17) is 4.55 Å². The van der Waals surface area contributed by atoms with Crippen LogP contribution in [0.3, 0.4) is 0 Å². The first-order valence-corrected chi connectivity index (χ1v) is 30.5. The van der Waals surface area contributed by atoms with Gasteiger partial charge in [-0.05, 0) is 110 Å². The lowest BCUT2D eigenvalue weighted by Gasteiger charge is -2.08. The minimum absolute atomic E-state index is 0.00428. The number of hydrogen-bond acceptors (Lipinski definition) is 16. The molecule has 13 aromatic rings. The average Bonchev–Trinajstić information content (AvgIpc) is 4.32. The molecule has 13 rings (SSSR count). The van der Waals surface area contributed by atoms with Crippen LogP contribution in [-0.2, 0) is 30.2 Å². The fourth-order valence-electron chi connectivity index (χ4n) is 8.50. The van der Waals surface area contributed by atoms with E-state index < -0.39 is 30.2 Å². The van der Waals surface area contributed by atoms with Crippen molar-refractivity contribution in [3.8, 4) is 33.0 Å². The molecule has 0 saturated carbocycles. The largest absolute Gasteiger partial charge is 0.494 e. The molecule has 0 bridgehead atoms. The van der Waals surface area contributed by atoms with Crippen LogP contribution in [0.25, 0.3) is 78.8 Å². The summed E-state index contributed by atoms with van der Waals surface area (Å²) in [5.74, 6) is -0.0248. The molecule has 7 aromatic carbocycles. The number of benzene rings is 7. The van der Waals surface area contributed by atoms with Gasteiger partial charge in [0.2, 0.25) is 10.0 Å². The molecule has 0 aliphatic carbocycles. The summed E-state index contributed by atoms with van der Waals surface area (Å²) in [6, 6.07) is 50.0. The predicted octanol–water partition coefficient (Wildman–Crippen LogP) is 10.8. The summed E-state index contributed by atoms with van der Waals surface area (Å²) < 4.78 is 94.2. The zero-order valence-electron chi connectivity index (χ0n) is 41.4. The zero-order valence-corrected chi connectivity index (χ0v) is 46.3. The Kier molecular flexibility index (Phi) is 15.0. The Morgan fingerprint density at radius 3 is 1.16 bits per heavy atom. The second kappa shape index (κ2) is 21.9. The normalized spacial score (nSPS) is 11.8. The van der Waals surface area contributed by atoms with Crippen LogP contribution in [0.2, 0.25) is 0 Å². The molecule has 0 fully saturated rings. The summed E-state index contributed by atoms with van der Waals surface area (Å²) in [7, 11) is -10.1. The molecule has 19 nitrogen and oxygen atoms in total. The Bertz CT molecular complexity index is 4660. The fraction of sp³-hybridized carbons (Fsp3) is 0.0556. The first kappa shape index (κ1) is 54.1. The van der Waals surface area contributed by atoms with Crippen LogP contribution in [0.4, 0.5) is 5.69 Å². The van der Waals surface area contributed by atoms with E-state index in [1.807, 2.05) is 78.9 Å². The van der Waals surface area contributed by atoms with Gasteiger partial charge in [0.1, 0.15) is 0 Å². The van der Waals surface area contributed by atoms with Gasteiger partial charge in [-0.3, -0.25) is 23.0 Å². The molecule has 25 heteroatoms. The van der Waals surface area contributed by atoms with E-state index >= 15 is 0 Å². The van der Waals surface area contributed by atoms with Crippen molar-refractivity contribution in [3.63, 3.8) is 0 Å². The lowest BCUT2D eigenvalue weighted by atomic mass is 10.2. The maximum Gasteiger partial charge on any atom is 0.294 e. The third-order valence-corrected chi connectivity index (χ3v) is 18.8. The maximum absolute atomic E-state index is 12.7. The number of nitrogens with one attached hydrogen (secondary N) is 2. The summed E-state index contributed by atoms with van der Waals surface area (Å²) in [5.41, 5.74) is 9.50. The molecular formula is C54H45N9O10S6. The van der Waals surface area contributed by atoms with Gasteiger partial charge >= 0.3 is 0 Å². The highest BCUT2D eigenvalue weighted by atomic mass is 32.2. The van der Waals surface area contributed by atoms with Crippen molar-refractivity contribution in [1.82, 2.24) is 33.4 Å². The predicted molar refractivity (Wildman–Crippen MR) is 312 cm³/mol. The molecule has 79 heavy (non-hydrogen) atoms. The topological polar surface area (TPSA) is 287 Å². The van der Waals surface area contributed by atoms with E-state index in [-0.39, 0.29) is 32.3 Å². The van der Waals surface area contributed by atoms with Gasteiger partial charge in [0.25, 0.3) is 20.1 Å². The third kappa shape index (κ3) is 11.0. The third-order valence-electron chi connectivity index (χ3n) is 12.0. The Labute approximate surface area is 463 Å². The highest BCUT2D eigenvalue weighted by Crippen LogP contribution is 2.37. The van der Waals surface area contributed by atoms with Gasteiger partial charge in [0.15, 0.2) is 33.0 Å². The highest BCUT2D eigenvalue weighted by Gasteiger charge is 2.22. The number of fused-ring (bicyclic) bond motifs is 6. The van der Waals surface area contributed by atoms with Crippen molar-refractivity contribution in [3.05, 3.63) is 176 Å². The van der Waals surface area contributed by atoms with Crippen molar-refractivity contribution in [2.24, 2.45) is 5.73 Å². The van der Waals surface area contributed by atoms with Crippen LogP contribution in [0, 0.1) is 0 Å². The second-order valence-corrected chi connectivity index (χ2v) is 24.9. The Hall–Kier alpha value is -8.24. The number of hydrogen-bond donors (Lipinski definition) is 7. The minimum atomic E-state index is -4.29. The molecule has 6 heterocycles. The van der Waals surface area contributed by atoms with Crippen LogP contribution in [-0.4, -0.2) is 87.4 Å². The summed E-state index contributed by atoms with van der Waals surface area (Å²) >= 11 is 4.34. The fourth-order valence-corrected chi connectivity index (χ4v) is 14.1. The molecule has 0 aliphatic heterocycles.